The van der Waals surface area contributed by atoms with E-state index in [-0.39, 0.29) is 27.3 Å². The first-order valence-electron chi connectivity index (χ1n) is 1.35. The third-order valence-electron chi connectivity index (χ3n) is 0.354. The molecule has 2 radical (unpaired) electrons. The summed E-state index contributed by atoms with van der Waals surface area (Å²) in [7, 11) is 0. The van der Waals surface area contributed by atoms with Crippen LogP contribution in [0.25, 0.3) is 0 Å². The summed E-state index contributed by atoms with van der Waals surface area (Å²) in [4.78, 5) is 9.81. The topological polar surface area (TPSA) is 74.4 Å². The number of aromatic nitrogens is 4. The molecule has 0 atom stereocenters. The van der Waals surface area contributed by atoms with Gasteiger partial charge >= 0.3 is 33.0 Å². The molecule has 0 fully saturated rings. The number of rotatable bonds is 0. The van der Waals surface area contributed by atoms with Crippen molar-refractivity contribution in [3.05, 3.63) is 10.5 Å². The van der Waals surface area contributed by atoms with Gasteiger partial charge in [-0.3, -0.25) is 0 Å². The van der Waals surface area contributed by atoms with Gasteiger partial charge in [-0.1, -0.05) is 5.10 Å². The molecule has 1 heterocycles. The third-order valence-corrected chi connectivity index (χ3v) is 0.354. The molecule has 0 saturated carbocycles. The van der Waals surface area contributed by atoms with E-state index < -0.39 is 5.69 Å². The van der Waals surface area contributed by atoms with E-state index >= 15 is 0 Å². The summed E-state index contributed by atoms with van der Waals surface area (Å²) >= 11 is 0. The van der Waals surface area contributed by atoms with Crippen molar-refractivity contribution in [1.82, 2.24) is 20.6 Å². The first kappa shape index (κ1) is 6.79. The number of hydrogen-bond donors (Lipinski definition) is 2. The third kappa shape index (κ3) is 1.81. The van der Waals surface area contributed by atoms with Crippen LogP contribution < -0.4 is 5.69 Å². The van der Waals surface area contributed by atoms with Gasteiger partial charge in [0.15, 0.2) is 0 Å². The molecule has 0 aromatic carbocycles. The zero-order valence-corrected chi connectivity index (χ0v) is 9.01. The Morgan fingerprint density at radius 1 is 1.57 bits per heavy atom. The van der Waals surface area contributed by atoms with Gasteiger partial charge in [-0.25, -0.2) is 9.89 Å². The molecule has 5 nitrogen and oxygen atoms in total. The maximum atomic E-state index is 9.81. The SMILES string of the molecule is O=c1nn[nH][nH]1.[PbH2]. The van der Waals surface area contributed by atoms with E-state index in [2.05, 4.69) is 20.6 Å². The van der Waals surface area contributed by atoms with Gasteiger partial charge in [-0.2, -0.15) is 5.21 Å². The van der Waals surface area contributed by atoms with Crippen LogP contribution >= 0.6 is 0 Å². The van der Waals surface area contributed by atoms with Crippen molar-refractivity contribution >= 4 is 27.3 Å². The van der Waals surface area contributed by atoms with Crippen molar-refractivity contribution in [1.29, 1.82) is 0 Å². The Morgan fingerprint density at radius 3 is 2.43 bits per heavy atom. The van der Waals surface area contributed by atoms with Crippen molar-refractivity contribution in [2.75, 3.05) is 0 Å². The minimum absolute atomic E-state index is 0. The van der Waals surface area contributed by atoms with E-state index in [1.54, 1.807) is 0 Å². The molecule has 1 aromatic heterocycles. The van der Waals surface area contributed by atoms with Crippen LogP contribution in [0.1, 0.15) is 0 Å². The molecule has 38 valence electrons. The summed E-state index contributed by atoms with van der Waals surface area (Å²) in [5, 5.41) is 10.3. The number of hydrogen-bond acceptors (Lipinski definition) is 3. The fourth-order valence-electron chi connectivity index (χ4n) is 0.168. The van der Waals surface area contributed by atoms with E-state index in [1.807, 2.05) is 0 Å². The predicted octanol–water partition coefficient (Wildman–Crippen LogP) is -2.42. The molecule has 0 amide bonds. The molecule has 0 spiro atoms. The van der Waals surface area contributed by atoms with Gasteiger partial charge in [-0.05, 0) is 5.21 Å². The Hall–Kier alpha value is -0.208. The minimum atomic E-state index is -0.449. The molecule has 0 unspecified atom stereocenters. The summed E-state index contributed by atoms with van der Waals surface area (Å²) in [5.74, 6) is 0. The van der Waals surface area contributed by atoms with Gasteiger partial charge in [0.2, 0.25) is 0 Å². The molecule has 7 heavy (non-hydrogen) atoms. The molecule has 0 aliphatic carbocycles. The van der Waals surface area contributed by atoms with Crippen LogP contribution in [0, 0.1) is 0 Å². The molecule has 0 aliphatic rings. The molecule has 6 heteroatoms. The zero-order chi connectivity index (χ0) is 4.41. The second kappa shape index (κ2) is 2.88. The molecule has 0 bridgehead atoms. The van der Waals surface area contributed by atoms with Gasteiger partial charge < -0.3 is 0 Å². The molecular formula is CH4N4OPb. The van der Waals surface area contributed by atoms with Crippen molar-refractivity contribution in [3.8, 4) is 0 Å². The molecule has 1 aromatic rings. The van der Waals surface area contributed by atoms with Crippen LogP contribution in [-0.2, 0) is 0 Å². The quantitative estimate of drug-likeness (QED) is 0.523. The van der Waals surface area contributed by atoms with Crippen LogP contribution in [-0.4, -0.2) is 47.9 Å². The average molecular weight is 295 g/mol. The van der Waals surface area contributed by atoms with Gasteiger partial charge in [0.25, 0.3) is 0 Å². The Kier molecular flexibility index (Phi) is 2.80. The summed E-state index contributed by atoms with van der Waals surface area (Å²) in [6.45, 7) is 0. The van der Waals surface area contributed by atoms with E-state index in [1.165, 1.54) is 0 Å². The van der Waals surface area contributed by atoms with Crippen LogP contribution in [0.4, 0.5) is 0 Å². The van der Waals surface area contributed by atoms with Crippen molar-refractivity contribution in [2.24, 2.45) is 0 Å². The van der Waals surface area contributed by atoms with E-state index in [0.29, 0.717) is 0 Å². The van der Waals surface area contributed by atoms with Crippen LogP contribution in [0.5, 0.6) is 0 Å². The fraction of sp³-hybridized carbons (Fsp3) is 0. The molecule has 0 saturated heterocycles. The van der Waals surface area contributed by atoms with Gasteiger partial charge in [0, 0.05) is 0 Å². The monoisotopic (exact) mass is 296 g/mol. The number of H-pyrrole nitrogens is 2. The first-order chi connectivity index (χ1) is 2.89. The Balaban J connectivity index is 0.000000360. The second-order valence-corrected chi connectivity index (χ2v) is 0.742. The first-order valence-corrected chi connectivity index (χ1v) is 1.35. The zero-order valence-electron chi connectivity index (χ0n) is 3.51. The Labute approximate surface area is 58.6 Å². The summed E-state index contributed by atoms with van der Waals surface area (Å²) in [6, 6.07) is 0. The van der Waals surface area contributed by atoms with E-state index in [0.717, 1.165) is 0 Å². The van der Waals surface area contributed by atoms with Crippen molar-refractivity contribution in [3.63, 3.8) is 0 Å². The maximum absolute atomic E-state index is 9.81. The standard InChI is InChI=1S/CH2N4O.Pb.2H/c6-1-2-4-5-3-1;;;/h(H2,2,3,4,5,6);;;. The second-order valence-electron chi connectivity index (χ2n) is 0.742. The van der Waals surface area contributed by atoms with Crippen molar-refractivity contribution < 1.29 is 0 Å². The molecule has 0 aliphatic heterocycles. The van der Waals surface area contributed by atoms with E-state index in [4.69, 9.17) is 0 Å². The van der Waals surface area contributed by atoms with Gasteiger partial charge in [0.05, 0.1) is 0 Å². The van der Waals surface area contributed by atoms with Gasteiger partial charge in [-0.15, -0.1) is 0 Å². The van der Waals surface area contributed by atoms with Crippen LogP contribution in [0.3, 0.4) is 0 Å². The molecule has 1 rings (SSSR count). The van der Waals surface area contributed by atoms with Crippen LogP contribution in [0.15, 0.2) is 4.79 Å². The Morgan fingerprint density at radius 2 is 2.29 bits per heavy atom. The summed E-state index contributed by atoms with van der Waals surface area (Å²) in [5.41, 5.74) is -0.449. The predicted molar refractivity (Wildman–Crippen MR) is 25.5 cm³/mol. The fourth-order valence-corrected chi connectivity index (χ4v) is 0.168. The van der Waals surface area contributed by atoms with Crippen LogP contribution in [0.2, 0.25) is 0 Å². The van der Waals surface area contributed by atoms with E-state index in [9.17, 15) is 4.79 Å². The normalized spacial score (nSPS) is 7.43. The average Bonchev–Trinajstić information content (AvgIpc) is 1.86. The summed E-state index contributed by atoms with van der Waals surface area (Å²) < 4.78 is 0. The Bertz CT molecular complexity index is 149. The number of nitrogens with zero attached hydrogens (tertiary/aromatic N) is 2. The summed E-state index contributed by atoms with van der Waals surface area (Å²) in [6.07, 6.45) is 0. The van der Waals surface area contributed by atoms with Gasteiger partial charge in [0.1, 0.15) is 0 Å². The van der Waals surface area contributed by atoms with Crippen molar-refractivity contribution in [2.45, 2.75) is 0 Å². The number of tetrazole rings is 1. The molecule has 2 N–H and O–H groups in total. The number of nitrogens with one attached hydrogen (secondary N) is 2. The number of aromatic amines is 2. The molecular weight excluding hydrogens is 291 g/mol.